The molecule has 0 aliphatic carbocycles. The van der Waals surface area contributed by atoms with Gasteiger partial charge < -0.3 is 10.6 Å². The second-order valence-corrected chi connectivity index (χ2v) is 3.55. The molecule has 0 fully saturated rings. The topological polar surface area (TPSA) is 29.3 Å². The summed E-state index contributed by atoms with van der Waals surface area (Å²) >= 11 is 0. The van der Waals surface area contributed by atoms with Gasteiger partial charge in [0, 0.05) is 45.5 Å². The predicted octanol–water partition coefficient (Wildman–Crippen LogP) is 2.42. The molecule has 0 bridgehead atoms. The molecular weight excluding hydrogens is 273 g/mol. The molecule has 0 aromatic heterocycles. The molecule has 0 atom stereocenters. The van der Waals surface area contributed by atoms with Crippen molar-refractivity contribution in [3.05, 3.63) is 60.5 Å². The Labute approximate surface area is 121 Å². The molecule has 0 unspecified atom stereocenters. The third-order valence-corrected chi connectivity index (χ3v) is 2.41. The Bertz CT molecular complexity index is 444. The van der Waals surface area contributed by atoms with Gasteiger partial charge in [-0.1, -0.05) is 23.9 Å². The van der Waals surface area contributed by atoms with Crippen molar-refractivity contribution in [1.29, 1.82) is 0 Å². The second-order valence-electron chi connectivity index (χ2n) is 3.55. The Kier molecular flexibility index (Phi) is 4.51. The zero-order valence-corrected chi connectivity index (χ0v) is 12.1. The van der Waals surface area contributed by atoms with Crippen LogP contribution in [0, 0.1) is 6.07 Å². The molecule has 1 aliphatic rings. The van der Waals surface area contributed by atoms with Crippen LogP contribution in [0.1, 0.15) is 5.56 Å². The van der Waals surface area contributed by atoms with Crippen molar-refractivity contribution in [3.63, 3.8) is 0 Å². The van der Waals surface area contributed by atoms with Gasteiger partial charge in [-0.15, -0.1) is 11.6 Å². The summed E-state index contributed by atoms with van der Waals surface area (Å²) in [5, 5.41) is 0. The van der Waals surface area contributed by atoms with Gasteiger partial charge in [-0.05, 0) is 12.3 Å². The van der Waals surface area contributed by atoms with Gasteiger partial charge >= 0.3 is 0 Å². The van der Waals surface area contributed by atoms with Crippen LogP contribution < -0.4 is 5.73 Å². The van der Waals surface area contributed by atoms with E-state index in [4.69, 9.17) is 5.73 Å². The van der Waals surface area contributed by atoms with Crippen molar-refractivity contribution < 1.29 is 32.7 Å². The Hall–Kier alpha value is -0.856. The van der Waals surface area contributed by atoms with Crippen molar-refractivity contribution in [1.82, 2.24) is 4.90 Å². The first-order valence-corrected chi connectivity index (χ1v) is 4.76. The predicted molar refractivity (Wildman–Crippen MR) is 63.7 cm³/mol. The van der Waals surface area contributed by atoms with E-state index in [1.165, 1.54) is 0 Å². The van der Waals surface area contributed by atoms with Gasteiger partial charge in [-0.25, -0.2) is 0 Å². The fraction of sp³-hybridized carbons (Fsp3) is 0.0769. The smallest absolute Gasteiger partial charge is 0.0330 e. The van der Waals surface area contributed by atoms with Gasteiger partial charge in [0.2, 0.25) is 0 Å². The van der Waals surface area contributed by atoms with Crippen LogP contribution in [0.2, 0.25) is 0 Å². The molecule has 2 N–H and O–H groups in total. The number of likely N-dealkylation sites (N-methyl/N-ethyl adjacent to an activating group) is 1. The van der Waals surface area contributed by atoms with Gasteiger partial charge in [-0.3, -0.25) is 0 Å². The summed E-state index contributed by atoms with van der Waals surface area (Å²) in [5.41, 5.74) is 9.49. The molecule has 0 saturated heterocycles. The Balaban J connectivity index is 0.00000128. The first kappa shape index (κ1) is 13.2. The minimum atomic E-state index is 0. The molecule has 1 aromatic carbocycles. The number of nitrogens with zero attached hydrogens (tertiary/aromatic N) is 1. The van der Waals surface area contributed by atoms with Gasteiger partial charge in [0.15, 0.2) is 0 Å². The third-order valence-electron chi connectivity index (χ3n) is 2.41. The van der Waals surface area contributed by atoms with Crippen LogP contribution in [-0.4, -0.2) is 11.9 Å². The normalized spacial score (nSPS) is 14.4. The summed E-state index contributed by atoms with van der Waals surface area (Å²) in [7, 11) is 1.98. The molecule has 16 heavy (non-hydrogen) atoms. The first-order chi connectivity index (χ1) is 7.16. The van der Waals surface area contributed by atoms with Crippen LogP contribution in [0.15, 0.2) is 48.8 Å². The summed E-state index contributed by atoms with van der Waals surface area (Å²) in [6.45, 7) is 3.90. The number of anilines is 1. The molecule has 1 heterocycles. The van der Waals surface area contributed by atoms with Gasteiger partial charge in [0.1, 0.15) is 0 Å². The quantitative estimate of drug-likeness (QED) is 0.634. The molecule has 0 amide bonds. The monoisotopic (exact) mass is 286 g/mol. The van der Waals surface area contributed by atoms with E-state index in [1.54, 1.807) is 0 Å². The fourth-order valence-corrected chi connectivity index (χ4v) is 1.43. The van der Waals surface area contributed by atoms with Crippen LogP contribution in [0.5, 0.6) is 0 Å². The Morgan fingerprint density at radius 1 is 1.31 bits per heavy atom. The molecule has 2 rings (SSSR count). The summed E-state index contributed by atoms with van der Waals surface area (Å²) in [4.78, 5) is 1.99. The van der Waals surface area contributed by atoms with E-state index in [2.05, 4.69) is 12.6 Å². The summed E-state index contributed by atoms with van der Waals surface area (Å²) < 4.78 is 0. The zero-order valence-electron chi connectivity index (χ0n) is 9.27. The van der Waals surface area contributed by atoms with Gasteiger partial charge in [0.05, 0.1) is 0 Å². The van der Waals surface area contributed by atoms with Gasteiger partial charge in [0.25, 0.3) is 0 Å². The van der Waals surface area contributed by atoms with E-state index in [9.17, 15) is 0 Å². The summed E-state index contributed by atoms with van der Waals surface area (Å²) in [6, 6.07) is 8.73. The van der Waals surface area contributed by atoms with Crippen LogP contribution in [0.3, 0.4) is 0 Å². The first-order valence-electron chi connectivity index (χ1n) is 4.76. The standard InChI is InChI=1S/C13H13N2.Y/c1-10-3-4-12(9-15(10)2)11-5-7-13(14)8-6-11;/h3-7,9H,1,14H2,2H3;/q-1;. The van der Waals surface area contributed by atoms with E-state index in [0.717, 1.165) is 16.8 Å². The van der Waals surface area contributed by atoms with Crippen LogP contribution in [-0.2, 0) is 32.7 Å². The minimum Gasteiger partial charge on any atom is -0.420 e. The molecular formula is C13H13N2Y-. The number of allylic oxidation sites excluding steroid dienone is 3. The SMILES string of the molecule is C=C1C=CC(c2c[c-]c(N)cc2)=CN1C.[Y]. The van der Waals surface area contributed by atoms with E-state index in [-0.39, 0.29) is 32.7 Å². The number of rotatable bonds is 1. The van der Waals surface area contributed by atoms with Gasteiger partial charge in [-0.2, -0.15) is 18.2 Å². The molecule has 0 spiro atoms. The average molecular weight is 286 g/mol. The number of nitrogen functional groups attached to an aromatic ring is 1. The maximum absolute atomic E-state index is 5.59. The molecule has 1 aromatic rings. The summed E-state index contributed by atoms with van der Waals surface area (Å²) in [5.74, 6) is 0. The van der Waals surface area contributed by atoms with Crippen LogP contribution >= 0.6 is 0 Å². The third kappa shape index (κ3) is 2.84. The molecule has 1 aliphatic heterocycles. The largest absolute Gasteiger partial charge is 0.420 e. The number of nitrogens with two attached hydrogens (primary N) is 1. The number of hydrogen-bond donors (Lipinski definition) is 1. The molecule has 79 valence electrons. The van der Waals surface area contributed by atoms with E-state index in [0.29, 0.717) is 5.69 Å². The maximum atomic E-state index is 5.59. The molecule has 2 nitrogen and oxygen atoms in total. The average Bonchev–Trinajstić information content (AvgIpc) is 2.23. The Morgan fingerprint density at radius 3 is 2.62 bits per heavy atom. The van der Waals surface area contributed by atoms with E-state index < -0.39 is 0 Å². The molecule has 0 saturated carbocycles. The number of hydrogen-bond acceptors (Lipinski definition) is 2. The molecule has 1 radical (unpaired) electrons. The zero-order chi connectivity index (χ0) is 10.8. The maximum Gasteiger partial charge on any atom is 0.0330 e. The van der Waals surface area contributed by atoms with Crippen molar-refractivity contribution >= 4 is 11.3 Å². The molecule has 3 heteroatoms. The minimum absolute atomic E-state index is 0. The van der Waals surface area contributed by atoms with Crippen molar-refractivity contribution in [2.75, 3.05) is 12.8 Å². The number of benzene rings is 1. The van der Waals surface area contributed by atoms with Crippen LogP contribution in [0.25, 0.3) is 5.57 Å². The fourth-order valence-electron chi connectivity index (χ4n) is 1.43. The Morgan fingerprint density at radius 2 is 2.06 bits per heavy atom. The van der Waals surface area contributed by atoms with Crippen molar-refractivity contribution in [2.45, 2.75) is 0 Å². The van der Waals surface area contributed by atoms with Crippen molar-refractivity contribution in [3.8, 4) is 0 Å². The van der Waals surface area contributed by atoms with Crippen molar-refractivity contribution in [2.24, 2.45) is 0 Å². The second kappa shape index (κ2) is 5.47. The van der Waals surface area contributed by atoms with E-state index in [1.807, 2.05) is 48.5 Å². The summed E-state index contributed by atoms with van der Waals surface area (Å²) in [6.07, 6.45) is 6.08. The van der Waals surface area contributed by atoms with Crippen LogP contribution in [0.4, 0.5) is 5.69 Å². The van der Waals surface area contributed by atoms with E-state index >= 15 is 0 Å².